The molecule has 406 valence electrons. The van der Waals surface area contributed by atoms with Crippen LogP contribution in [0.3, 0.4) is 0 Å². The van der Waals surface area contributed by atoms with Crippen LogP contribution in [0.2, 0.25) is 0 Å². The number of amides is 3. The molecule has 4 aromatic carbocycles. The number of nitrogens with zero attached hydrogens (tertiary/aromatic N) is 3. The highest BCUT2D eigenvalue weighted by molar-refractivity contribution is 5.96. The number of carbonyl (C=O) groups excluding carboxylic acids is 3. The van der Waals surface area contributed by atoms with E-state index in [1.165, 1.54) is 16.0 Å². The van der Waals surface area contributed by atoms with Gasteiger partial charge in [-0.1, -0.05) is 129 Å². The Balaban J connectivity index is 0.000000308. The van der Waals surface area contributed by atoms with Crippen molar-refractivity contribution in [1.29, 1.82) is 0 Å². The summed E-state index contributed by atoms with van der Waals surface area (Å²) in [5.41, 5.74) is 17.1. The number of halogens is 4. The number of para-hydroxylation sites is 1. The minimum atomic E-state index is -2.97. The molecule has 2 fully saturated rings. The van der Waals surface area contributed by atoms with Gasteiger partial charge in [0.25, 0.3) is 29.6 Å². The highest BCUT2D eigenvalue weighted by Crippen LogP contribution is 2.30. The van der Waals surface area contributed by atoms with Gasteiger partial charge in [-0.15, -0.1) is 0 Å². The maximum absolute atomic E-state index is 13.6. The lowest BCUT2D eigenvalue weighted by molar-refractivity contribution is -0.142. The predicted octanol–water partition coefficient (Wildman–Crippen LogP) is 7.77. The summed E-state index contributed by atoms with van der Waals surface area (Å²) in [6, 6.07) is 30.3. The zero-order valence-corrected chi connectivity index (χ0v) is 44.1. The number of nitrogens with two attached hydrogens (primary N) is 2. The van der Waals surface area contributed by atoms with Crippen LogP contribution in [-0.2, 0) is 29.0 Å². The molecule has 2 aliphatic heterocycles. The molecule has 3 heterocycles. The first-order chi connectivity index (χ1) is 35.2. The minimum Gasteiger partial charge on any atom is -0.483 e. The van der Waals surface area contributed by atoms with Crippen LogP contribution in [0.25, 0.3) is 0 Å². The van der Waals surface area contributed by atoms with Crippen LogP contribution in [0, 0.1) is 34.6 Å². The van der Waals surface area contributed by atoms with Gasteiger partial charge in [0, 0.05) is 32.5 Å². The molecule has 5 aromatic rings. The second-order valence-electron chi connectivity index (χ2n) is 18.1. The molecule has 1 aromatic heterocycles. The number of rotatable bonds is 16. The Morgan fingerprint density at radius 1 is 0.730 bits per heavy atom. The van der Waals surface area contributed by atoms with E-state index in [1.807, 2.05) is 94.4 Å². The molecular formula is C56H77F4N7O7. The highest BCUT2D eigenvalue weighted by atomic mass is 19.3. The predicted molar refractivity (Wildman–Crippen MR) is 280 cm³/mol. The van der Waals surface area contributed by atoms with E-state index in [2.05, 4.69) is 41.8 Å². The molecule has 14 nitrogen and oxygen atoms in total. The molecule has 0 aliphatic carbocycles. The molecule has 7 rings (SSSR count). The maximum Gasteiger partial charge on any atom is 0.267 e. The van der Waals surface area contributed by atoms with Gasteiger partial charge in [-0.3, -0.25) is 19.3 Å². The summed E-state index contributed by atoms with van der Waals surface area (Å²) in [5, 5.41) is 30.6. The standard InChI is InChI=1S/C24H28F2N2O4.C19H23F2N3O3.C8H11N.C3H9N.C2H6/c1-16-7-6-8-17(2)22(16)32-14-20(29)27-19(13-18-9-4-3-5-10-18)21(30)23(31)28-12-11-24(25,26)15-28;1-12-16(13(2)27-23-12)17(25)22-15(10-14-6-4-3-5-7-14)18(26)24-9-8-19(20,21)11-24;1-7-4-2-3-5-8(7)6-9;1-2-3-4;1-2/h3-10,19,21,30H,11-15H2,1-2H3,(H,27,29);3-7,15,18,26H,8-11H2,1-2H3,(H,22,25);2-5H,6,9H2,1H3;2-4H2,1H3;1-2H3. The van der Waals surface area contributed by atoms with E-state index in [9.17, 15) is 42.2 Å². The number of benzene rings is 4. The topological polar surface area (TPSA) is 210 Å². The number of aliphatic hydroxyl groups is 2. The number of hydrogen-bond donors (Lipinski definition) is 6. The third-order valence-electron chi connectivity index (χ3n) is 12.1. The number of nitrogens with one attached hydrogen (secondary N) is 2. The van der Waals surface area contributed by atoms with Crippen molar-refractivity contribution in [1.82, 2.24) is 25.6 Å². The highest BCUT2D eigenvalue weighted by Gasteiger charge is 2.44. The smallest absolute Gasteiger partial charge is 0.267 e. The molecule has 4 unspecified atom stereocenters. The SMILES string of the molecule is CC.CCCN.Cc1cccc(C)c1OCC(=O)NC(Cc1ccccc1)C(O)C(=O)N1CCC(F)(F)C1.Cc1ccccc1CN.Cc1noc(C)c1C(=O)NC(Cc1ccccc1)C(O)N1CCC(F)(F)C1. The first-order valence-corrected chi connectivity index (χ1v) is 25.1. The molecule has 2 saturated heterocycles. The number of aryl methyl sites for hydroxylation is 5. The Morgan fingerprint density at radius 3 is 1.70 bits per heavy atom. The van der Waals surface area contributed by atoms with Crippen LogP contribution in [0.1, 0.15) is 95.2 Å². The Kier molecular flexibility index (Phi) is 25.9. The van der Waals surface area contributed by atoms with E-state index < -0.39 is 73.5 Å². The second-order valence-corrected chi connectivity index (χ2v) is 18.1. The Hall–Kier alpha value is -6.18. The van der Waals surface area contributed by atoms with Gasteiger partial charge in [-0.2, -0.15) is 0 Å². The van der Waals surface area contributed by atoms with Crippen LogP contribution in [0.15, 0.2) is 108 Å². The second kappa shape index (κ2) is 30.9. The number of ether oxygens (including phenoxy) is 1. The maximum atomic E-state index is 13.6. The van der Waals surface area contributed by atoms with Crippen molar-refractivity contribution in [3.8, 4) is 5.75 Å². The van der Waals surface area contributed by atoms with Crippen molar-refractivity contribution in [3.05, 3.63) is 154 Å². The quantitative estimate of drug-likeness (QED) is 0.0526. The van der Waals surface area contributed by atoms with Crippen LogP contribution in [-0.4, -0.2) is 118 Å². The van der Waals surface area contributed by atoms with Gasteiger partial charge in [0.1, 0.15) is 23.3 Å². The molecule has 4 atom stereocenters. The van der Waals surface area contributed by atoms with Crippen molar-refractivity contribution < 1.29 is 51.4 Å². The van der Waals surface area contributed by atoms with Gasteiger partial charge in [0.05, 0.1) is 30.9 Å². The van der Waals surface area contributed by atoms with Gasteiger partial charge in [-0.25, -0.2) is 17.6 Å². The molecule has 0 saturated carbocycles. The van der Waals surface area contributed by atoms with Gasteiger partial charge in [0.2, 0.25) is 0 Å². The first-order valence-electron chi connectivity index (χ1n) is 25.1. The molecule has 0 spiro atoms. The van der Waals surface area contributed by atoms with Crippen LogP contribution in [0.4, 0.5) is 17.6 Å². The summed E-state index contributed by atoms with van der Waals surface area (Å²) in [7, 11) is 0. The summed E-state index contributed by atoms with van der Waals surface area (Å²) in [6.45, 7) is 15.0. The van der Waals surface area contributed by atoms with E-state index in [4.69, 9.17) is 20.7 Å². The lowest BCUT2D eigenvalue weighted by Crippen LogP contribution is -2.53. The largest absolute Gasteiger partial charge is 0.483 e. The summed E-state index contributed by atoms with van der Waals surface area (Å²) in [4.78, 5) is 40.2. The van der Waals surface area contributed by atoms with Gasteiger partial charge < -0.3 is 46.5 Å². The summed E-state index contributed by atoms with van der Waals surface area (Å²) < 4.78 is 64.9. The molecule has 8 N–H and O–H groups in total. The molecule has 0 bridgehead atoms. The van der Waals surface area contributed by atoms with Crippen molar-refractivity contribution in [3.63, 3.8) is 0 Å². The number of alkyl halides is 4. The van der Waals surface area contributed by atoms with Gasteiger partial charge in [-0.05, 0) is 93.8 Å². The zero-order chi connectivity index (χ0) is 55.0. The molecule has 2 aliphatic rings. The van der Waals surface area contributed by atoms with Crippen LogP contribution < -0.4 is 26.8 Å². The van der Waals surface area contributed by atoms with E-state index >= 15 is 0 Å². The lowest BCUT2D eigenvalue weighted by atomic mass is 10.00. The summed E-state index contributed by atoms with van der Waals surface area (Å²) in [6.07, 6.45) is -2.08. The van der Waals surface area contributed by atoms with Gasteiger partial charge >= 0.3 is 0 Å². The van der Waals surface area contributed by atoms with E-state index in [-0.39, 0.29) is 32.5 Å². The lowest BCUT2D eigenvalue weighted by Gasteiger charge is -2.31. The average molecular weight is 1040 g/mol. The number of aromatic nitrogens is 1. The third kappa shape index (κ3) is 19.9. The summed E-state index contributed by atoms with van der Waals surface area (Å²) >= 11 is 0. The fourth-order valence-corrected chi connectivity index (χ4v) is 8.03. The first kappa shape index (κ1) is 62.1. The Labute approximate surface area is 433 Å². The fourth-order valence-electron chi connectivity index (χ4n) is 8.03. The molecule has 18 heteroatoms. The van der Waals surface area contributed by atoms with Gasteiger partial charge in [0.15, 0.2) is 12.7 Å². The Morgan fingerprint density at radius 2 is 1.24 bits per heavy atom. The number of likely N-dealkylation sites (tertiary alicyclic amines) is 2. The monoisotopic (exact) mass is 1040 g/mol. The third-order valence-corrected chi connectivity index (χ3v) is 12.1. The van der Waals surface area contributed by atoms with E-state index in [0.717, 1.165) is 40.1 Å². The van der Waals surface area contributed by atoms with Crippen LogP contribution >= 0.6 is 0 Å². The molecule has 74 heavy (non-hydrogen) atoms. The number of carbonyl (C=O) groups is 3. The summed E-state index contributed by atoms with van der Waals surface area (Å²) in [5.74, 6) is -6.62. The molecular weight excluding hydrogens is 959 g/mol. The molecule has 3 amide bonds. The number of hydrogen-bond acceptors (Lipinski definition) is 11. The van der Waals surface area contributed by atoms with Crippen molar-refractivity contribution >= 4 is 17.7 Å². The van der Waals surface area contributed by atoms with E-state index in [1.54, 1.807) is 38.1 Å². The van der Waals surface area contributed by atoms with Crippen molar-refractivity contribution in [2.45, 2.75) is 130 Å². The molecule has 0 radical (unpaired) electrons. The van der Waals surface area contributed by atoms with Crippen LogP contribution in [0.5, 0.6) is 5.75 Å². The average Bonchev–Trinajstić information content (AvgIpc) is 4.07. The minimum absolute atomic E-state index is 0.0701. The van der Waals surface area contributed by atoms with Crippen molar-refractivity contribution in [2.24, 2.45) is 11.5 Å². The number of aliphatic hydroxyl groups excluding tert-OH is 2. The fraction of sp³-hybridized carbons (Fsp3) is 0.464. The Bertz CT molecular complexity index is 2420. The van der Waals surface area contributed by atoms with E-state index in [0.29, 0.717) is 35.7 Å². The van der Waals surface area contributed by atoms with Crippen molar-refractivity contribution in [2.75, 3.05) is 39.3 Å². The normalized spacial score (nSPS) is 15.9. The zero-order valence-electron chi connectivity index (χ0n) is 44.1.